The first-order valence-corrected chi connectivity index (χ1v) is 7.08. The lowest BCUT2D eigenvalue weighted by Crippen LogP contribution is -2.08. The Bertz CT molecular complexity index is 675. The molecule has 20 heavy (non-hydrogen) atoms. The van der Waals surface area contributed by atoms with Crippen molar-refractivity contribution in [3.05, 3.63) is 38.8 Å². The van der Waals surface area contributed by atoms with E-state index in [1.807, 2.05) is 6.92 Å². The van der Waals surface area contributed by atoms with Crippen molar-refractivity contribution in [2.75, 3.05) is 0 Å². The van der Waals surface area contributed by atoms with E-state index < -0.39 is 11.7 Å². The number of aromatic nitrogens is 3. The quantitative estimate of drug-likeness (QED) is 0.802. The van der Waals surface area contributed by atoms with Gasteiger partial charge < -0.3 is 0 Å². The summed E-state index contributed by atoms with van der Waals surface area (Å²) in [6, 6.07) is 4.00. The van der Waals surface area contributed by atoms with Gasteiger partial charge in [-0.25, -0.2) is 0 Å². The molecule has 0 atom stereocenters. The molecule has 8 heteroatoms. The minimum atomic E-state index is -4.42. The number of H-pyrrole nitrogens is 1. The summed E-state index contributed by atoms with van der Waals surface area (Å²) in [6.07, 6.45) is -2.97. The molecule has 108 valence electrons. The number of aryl methyl sites for hydroxylation is 1. The molecule has 0 aliphatic carbocycles. The van der Waals surface area contributed by atoms with E-state index in [9.17, 15) is 13.2 Å². The van der Waals surface area contributed by atoms with Crippen LogP contribution in [0.15, 0.2) is 22.7 Å². The van der Waals surface area contributed by atoms with Crippen LogP contribution < -0.4 is 0 Å². The zero-order valence-corrected chi connectivity index (χ0v) is 12.9. The average molecular weight is 366 g/mol. The predicted octanol–water partition coefficient (Wildman–Crippen LogP) is 4.66. The van der Waals surface area contributed by atoms with Crippen molar-refractivity contribution < 1.29 is 13.2 Å². The van der Waals surface area contributed by atoms with Crippen LogP contribution in [0.3, 0.4) is 0 Å². The molecule has 0 spiro atoms. The summed E-state index contributed by atoms with van der Waals surface area (Å²) in [5.41, 5.74) is -0.386. The fourth-order valence-corrected chi connectivity index (χ4v) is 2.58. The van der Waals surface area contributed by atoms with E-state index in [0.717, 1.165) is 12.5 Å². The van der Waals surface area contributed by atoms with Gasteiger partial charge in [-0.05, 0) is 36.8 Å². The maximum atomic E-state index is 12.9. The minimum Gasteiger partial charge on any atom is -0.272 e. The second-order valence-electron chi connectivity index (χ2n) is 4.19. The highest BCUT2D eigenvalue weighted by Gasteiger charge is 2.33. The first kappa shape index (κ1) is 15.2. The number of aromatic amines is 1. The van der Waals surface area contributed by atoms with E-state index in [1.165, 1.54) is 10.6 Å². The molecular formula is C12H11BrF3N3S. The van der Waals surface area contributed by atoms with Crippen LogP contribution >= 0.6 is 28.1 Å². The molecule has 0 radical (unpaired) electrons. The number of halogens is 4. The van der Waals surface area contributed by atoms with Crippen molar-refractivity contribution in [2.45, 2.75) is 25.9 Å². The molecule has 1 aromatic carbocycles. The van der Waals surface area contributed by atoms with Crippen molar-refractivity contribution in [2.24, 2.45) is 0 Å². The third-order valence-corrected chi connectivity index (χ3v) is 3.69. The van der Waals surface area contributed by atoms with Crippen molar-refractivity contribution in [1.29, 1.82) is 0 Å². The van der Waals surface area contributed by atoms with Crippen LogP contribution in [0, 0.1) is 4.77 Å². The molecule has 0 amide bonds. The number of rotatable bonds is 3. The van der Waals surface area contributed by atoms with E-state index >= 15 is 0 Å². The van der Waals surface area contributed by atoms with E-state index in [-0.39, 0.29) is 9.24 Å². The number of hydrogen-bond donors (Lipinski definition) is 1. The van der Waals surface area contributed by atoms with Crippen LogP contribution in [0.5, 0.6) is 0 Å². The summed E-state index contributed by atoms with van der Waals surface area (Å²) < 4.78 is 40.6. The van der Waals surface area contributed by atoms with Crippen LogP contribution in [-0.4, -0.2) is 14.8 Å². The Balaban J connectivity index is 2.60. The SMILES string of the molecule is CCCc1n[nH]c(=S)n1-c1ccc(Br)c(C(F)(F)F)c1. The minimum absolute atomic E-state index is 0.000745. The molecule has 2 rings (SSSR count). The van der Waals surface area contributed by atoms with Crippen LogP contribution in [0.4, 0.5) is 13.2 Å². The van der Waals surface area contributed by atoms with Gasteiger partial charge in [-0.1, -0.05) is 22.9 Å². The van der Waals surface area contributed by atoms with Crippen LogP contribution in [0.1, 0.15) is 24.7 Å². The van der Waals surface area contributed by atoms with Crippen molar-refractivity contribution in [1.82, 2.24) is 14.8 Å². The van der Waals surface area contributed by atoms with Crippen molar-refractivity contribution in [3.63, 3.8) is 0 Å². The predicted molar refractivity (Wildman–Crippen MR) is 75.4 cm³/mol. The van der Waals surface area contributed by atoms with E-state index in [4.69, 9.17) is 12.2 Å². The molecule has 0 aliphatic rings. The van der Waals surface area contributed by atoms with Crippen molar-refractivity contribution in [3.8, 4) is 5.69 Å². The third kappa shape index (κ3) is 2.95. The van der Waals surface area contributed by atoms with Gasteiger partial charge in [-0.3, -0.25) is 9.67 Å². The van der Waals surface area contributed by atoms with Gasteiger partial charge in [-0.15, -0.1) is 0 Å². The zero-order chi connectivity index (χ0) is 14.9. The van der Waals surface area contributed by atoms with E-state index in [1.54, 1.807) is 6.07 Å². The highest BCUT2D eigenvalue weighted by molar-refractivity contribution is 9.10. The largest absolute Gasteiger partial charge is 0.417 e. The van der Waals surface area contributed by atoms with Gasteiger partial charge in [-0.2, -0.15) is 18.3 Å². The first-order chi connectivity index (χ1) is 9.34. The Hall–Kier alpha value is -1.15. The molecule has 0 saturated heterocycles. The smallest absolute Gasteiger partial charge is 0.272 e. The molecule has 1 N–H and O–H groups in total. The monoisotopic (exact) mass is 365 g/mol. The molecule has 2 aromatic rings. The lowest BCUT2D eigenvalue weighted by atomic mass is 10.2. The summed E-state index contributed by atoms with van der Waals surface area (Å²) in [7, 11) is 0. The molecular weight excluding hydrogens is 355 g/mol. The first-order valence-electron chi connectivity index (χ1n) is 5.88. The summed E-state index contributed by atoms with van der Waals surface area (Å²) >= 11 is 8.01. The topological polar surface area (TPSA) is 33.6 Å². The summed E-state index contributed by atoms with van der Waals surface area (Å²) in [5.74, 6) is 0.618. The number of alkyl halides is 3. The third-order valence-electron chi connectivity index (χ3n) is 2.73. The van der Waals surface area contributed by atoms with Gasteiger partial charge in [0, 0.05) is 10.9 Å². The molecule has 0 fully saturated rings. The molecule has 0 bridgehead atoms. The highest BCUT2D eigenvalue weighted by atomic mass is 79.9. The summed E-state index contributed by atoms with van der Waals surface area (Å²) in [4.78, 5) is 0. The van der Waals surface area contributed by atoms with Gasteiger partial charge in [0.25, 0.3) is 0 Å². The zero-order valence-electron chi connectivity index (χ0n) is 10.5. The lowest BCUT2D eigenvalue weighted by molar-refractivity contribution is -0.138. The number of hydrogen-bond acceptors (Lipinski definition) is 2. The average Bonchev–Trinajstić information content (AvgIpc) is 2.71. The molecule has 1 heterocycles. The second kappa shape index (κ2) is 5.69. The van der Waals surface area contributed by atoms with Crippen LogP contribution in [0.25, 0.3) is 5.69 Å². The van der Waals surface area contributed by atoms with Gasteiger partial charge in [0.1, 0.15) is 5.82 Å². The standard InChI is InChI=1S/C12H11BrF3N3S/c1-2-3-10-17-18-11(20)19(10)7-4-5-9(13)8(6-7)12(14,15)16/h4-6H,2-3H2,1H3,(H,18,20). The van der Waals surface area contributed by atoms with E-state index in [0.29, 0.717) is 17.9 Å². The van der Waals surface area contributed by atoms with Gasteiger partial charge in [0.2, 0.25) is 0 Å². The van der Waals surface area contributed by atoms with Crippen LogP contribution in [-0.2, 0) is 12.6 Å². The van der Waals surface area contributed by atoms with Gasteiger partial charge in [0.15, 0.2) is 4.77 Å². The fourth-order valence-electron chi connectivity index (χ4n) is 1.86. The Kier molecular flexibility index (Phi) is 4.33. The maximum Gasteiger partial charge on any atom is 0.417 e. The Labute approximate surface area is 126 Å². The summed E-state index contributed by atoms with van der Waals surface area (Å²) in [6.45, 7) is 1.96. The molecule has 3 nitrogen and oxygen atoms in total. The van der Waals surface area contributed by atoms with Gasteiger partial charge >= 0.3 is 6.18 Å². The molecule has 0 saturated carbocycles. The maximum absolute atomic E-state index is 12.9. The second-order valence-corrected chi connectivity index (χ2v) is 5.43. The van der Waals surface area contributed by atoms with Gasteiger partial charge in [0.05, 0.1) is 11.3 Å². The molecule has 0 unspecified atom stereocenters. The molecule has 0 aliphatic heterocycles. The summed E-state index contributed by atoms with van der Waals surface area (Å²) in [5, 5.41) is 6.67. The fraction of sp³-hybridized carbons (Fsp3) is 0.333. The van der Waals surface area contributed by atoms with E-state index in [2.05, 4.69) is 26.1 Å². The molecule has 1 aromatic heterocycles. The lowest BCUT2D eigenvalue weighted by Gasteiger charge is -2.12. The Morgan fingerprint density at radius 3 is 2.70 bits per heavy atom. The number of benzene rings is 1. The van der Waals surface area contributed by atoms with Crippen LogP contribution in [0.2, 0.25) is 0 Å². The number of nitrogens with one attached hydrogen (secondary N) is 1. The highest BCUT2D eigenvalue weighted by Crippen LogP contribution is 2.36. The number of nitrogens with zero attached hydrogens (tertiary/aromatic N) is 2. The Morgan fingerprint density at radius 2 is 2.10 bits per heavy atom. The van der Waals surface area contributed by atoms with Crippen molar-refractivity contribution >= 4 is 28.1 Å². The normalized spacial score (nSPS) is 11.8. The Morgan fingerprint density at radius 1 is 1.40 bits per heavy atom.